The number of hydrogen-bond acceptors (Lipinski definition) is 2. The molecule has 0 spiro atoms. The molecule has 1 rings (SSSR count). The molecule has 0 aliphatic heterocycles. The Balaban J connectivity index is 0.00000256. The molecule has 1 aromatic rings. The van der Waals surface area contributed by atoms with Crippen molar-refractivity contribution >= 4 is 56.8 Å². The fraction of sp³-hybridized carbons (Fsp3) is 0.364. The van der Waals surface area contributed by atoms with Crippen LogP contribution in [0.15, 0.2) is 22.7 Å². The molecule has 0 saturated heterocycles. The van der Waals surface area contributed by atoms with Gasteiger partial charge in [0.1, 0.15) is 0 Å². The highest BCUT2D eigenvalue weighted by atomic mass is 127. The number of nitrogens with one attached hydrogen (secondary N) is 1. The Morgan fingerprint density at radius 2 is 2.24 bits per heavy atom. The van der Waals surface area contributed by atoms with Crippen molar-refractivity contribution in [2.24, 2.45) is 5.73 Å². The number of halogens is 3. The quantitative estimate of drug-likeness (QED) is 0.718. The lowest BCUT2D eigenvalue weighted by atomic mass is 10.2. The molecular formula is C11H15BrClIN2O. The average Bonchev–Trinajstić information content (AvgIpc) is 2.21. The van der Waals surface area contributed by atoms with Crippen LogP contribution in [0.25, 0.3) is 0 Å². The van der Waals surface area contributed by atoms with Gasteiger partial charge in [-0.2, -0.15) is 0 Å². The summed E-state index contributed by atoms with van der Waals surface area (Å²) in [6, 6.07) is 5.76. The van der Waals surface area contributed by atoms with Gasteiger partial charge in [-0.1, -0.05) is 15.9 Å². The molecule has 0 aliphatic rings. The van der Waals surface area contributed by atoms with E-state index in [-0.39, 0.29) is 24.4 Å². The van der Waals surface area contributed by atoms with Crippen molar-refractivity contribution in [2.75, 3.05) is 6.54 Å². The fourth-order valence-electron chi connectivity index (χ4n) is 1.18. The molecule has 0 aliphatic carbocycles. The van der Waals surface area contributed by atoms with E-state index in [0.29, 0.717) is 12.1 Å². The second kappa shape index (κ2) is 8.29. The van der Waals surface area contributed by atoms with E-state index in [0.717, 1.165) is 14.5 Å². The molecule has 0 fully saturated rings. The van der Waals surface area contributed by atoms with Gasteiger partial charge >= 0.3 is 0 Å². The molecule has 1 amide bonds. The molecule has 6 heteroatoms. The van der Waals surface area contributed by atoms with Gasteiger partial charge in [0.15, 0.2) is 0 Å². The van der Waals surface area contributed by atoms with Crippen LogP contribution in [0, 0.1) is 3.57 Å². The molecule has 3 nitrogen and oxygen atoms in total. The zero-order valence-corrected chi connectivity index (χ0v) is 13.9. The molecule has 0 heterocycles. The van der Waals surface area contributed by atoms with E-state index in [2.05, 4.69) is 43.8 Å². The lowest BCUT2D eigenvalue weighted by molar-refractivity contribution is 0.0952. The Hall–Kier alpha value is 0.150. The van der Waals surface area contributed by atoms with E-state index in [1.54, 1.807) is 0 Å². The van der Waals surface area contributed by atoms with Crippen molar-refractivity contribution in [3.63, 3.8) is 0 Å². The molecule has 0 saturated carbocycles. The van der Waals surface area contributed by atoms with E-state index < -0.39 is 0 Å². The second-order valence-electron chi connectivity index (χ2n) is 3.65. The van der Waals surface area contributed by atoms with Gasteiger partial charge in [0, 0.05) is 20.6 Å². The van der Waals surface area contributed by atoms with Gasteiger partial charge in [0.25, 0.3) is 5.91 Å². The van der Waals surface area contributed by atoms with Crippen molar-refractivity contribution in [1.82, 2.24) is 5.32 Å². The zero-order valence-electron chi connectivity index (χ0n) is 9.37. The number of hydrogen-bond donors (Lipinski definition) is 2. The lowest BCUT2D eigenvalue weighted by Gasteiger charge is -2.08. The number of benzene rings is 1. The predicted molar refractivity (Wildman–Crippen MR) is 84.7 cm³/mol. The molecular weight excluding hydrogens is 418 g/mol. The van der Waals surface area contributed by atoms with Crippen molar-refractivity contribution in [3.05, 3.63) is 31.8 Å². The highest BCUT2D eigenvalue weighted by Gasteiger charge is 2.09. The van der Waals surface area contributed by atoms with Crippen LogP contribution >= 0.6 is 50.9 Å². The minimum atomic E-state index is -0.0497. The molecule has 1 atom stereocenters. The van der Waals surface area contributed by atoms with Gasteiger partial charge in [0.05, 0.1) is 5.56 Å². The van der Waals surface area contributed by atoms with Gasteiger partial charge in [-0.15, -0.1) is 12.4 Å². The Kier molecular flexibility index (Phi) is 8.36. The molecule has 1 unspecified atom stereocenters. The summed E-state index contributed by atoms with van der Waals surface area (Å²) >= 11 is 5.50. The summed E-state index contributed by atoms with van der Waals surface area (Å²) in [4.78, 5) is 11.8. The van der Waals surface area contributed by atoms with Crippen LogP contribution in [0.4, 0.5) is 0 Å². The maximum absolute atomic E-state index is 11.8. The Morgan fingerprint density at radius 3 is 2.82 bits per heavy atom. The van der Waals surface area contributed by atoms with E-state index in [1.165, 1.54) is 0 Å². The van der Waals surface area contributed by atoms with Crippen LogP contribution in [0.2, 0.25) is 0 Å². The second-order valence-corrected chi connectivity index (χ2v) is 5.72. The predicted octanol–water partition coefficient (Wildman–Crippen LogP) is 2.94. The Bertz CT molecular complexity index is 388. The number of carbonyl (C=O) groups is 1. The molecule has 1 aromatic carbocycles. The molecule has 96 valence electrons. The lowest BCUT2D eigenvalue weighted by Crippen LogP contribution is -2.29. The normalized spacial score (nSPS) is 11.5. The first-order chi connectivity index (χ1) is 7.50. The van der Waals surface area contributed by atoms with E-state index >= 15 is 0 Å². The van der Waals surface area contributed by atoms with Crippen molar-refractivity contribution in [3.8, 4) is 0 Å². The summed E-state index contributed by atoms with van der Waals surface area (Å²) in [7, 11) is 0. The van der Waals surface area contributed by atoms with Gasteiger partial charge in [-0.25, -0.2) is 0 Å². The first kappa shape index (κ1) is 17.2. The van der Waals surface area contributed by atoms with Gasteiger partial charge in [-0.05, 0) is 54.1 Å². The van der Waals surface area contributed by atoms with Crippen LogP contribution < -0.4 is 11.1 Å². The first-order valence-electron chi connectivity index (χ1n) is 4.99. The van der Waals surface area contributed by atoms with E-state index in [4.69, 9.17) is 5.73 Å². The highest BCUT2D eigenvalue weighted by Crippen LogP contribution is 2.18. The van der Waals surface area contributed by atoms with Crippen LogP contribution in [-0.2, 0) is 0 Å². The maximum atomic E-state index is 11.8. The molecule has 17 heavy (non-hydrogen) atoms. The van der Waals surface area contributed by atoms with Crippen LogP contribution in [-0.4, -0.2) is 18.5 Å². The van der Waals surface area contributed by atoms with Gasteiger partial charge in [0.2, 0.25) is 0 Å². The van der Waals surface area contributed by atoms with E-state index in [9.17, 15) is 4.79 Å². The highest BCUT2D eigenvalue weighted by molar-refractivity contribution is 14.1. The fourth-order valence-corrected chi connectivity index (χ4v) is 2.12. The third-order valence-electron chi connectivity index (χ3n) is 2.06. The van der Waals surface area contributed by atoms with Crippen molar-refractivity contribution < 1.29 is 4.79 Å². The summed E-state index contributed by atoms with van der Waals surface area (Å²) in [6.45, 7) is 2.54. The van der Waals surface area contributed by atoms with Gasteiger partial charge in [-0.3, -0.25) is 4.79 Å². The maximum Gasteiger partial charge on any atom is 0.252 e. The number of rotatable bonds is 4. The molecule has 3 N–H and O–H groups in total. The molecule has 0 bridgehead atoms. The summed E-state index contributed by atoms with van der Waals surface area (Å²) in [5.74, 6) is -0.0497. The first-order valence-corrected chi connectivity index (χ1v) is 6.86. The molecule has 0 radical (unpaired) electrons. The molecule has 0 aromatic heterocycles. The Morgan fingerprint density at radius 1 is 1.59 bits per heavy atom. The minimum absolute atomic E-state index is 0. The Labute approximate surface area is 130 Å². The van der Waals surface area contributed by atoms with E-state index in [1.807, 2.05) is 25.1 Å². The summed E-state index contributed by atoms with van der Waals surface area (Å²) in [5, 5.41) is 2.85. The zero-order chi connectivity index (χ0) is 12.1. The third-order valence-corrected chi connectivity index (χ3v) is 3.49. The van der Waals surface area contributed by atoms with Crippen LogP contribution in [0.1, 0.15) is 23.7 Å². The van der Waals surface area contributed by atoms with Crippen molar-refractivity contribution in [1.29, 1.82) is 0 Å². The van der Waals surface area contributed by atoms with Gasteiger partial charge < -0.3 is 11.1 Å². The topological polar surface area (TPSA) is 55.1 Å². The summed E-state index contributed by atoms with van der Waals surface area (Å²) < 4.78 is 1.85. The standard InChI is InChI=1S/C11H14BrIN2O.ClH/c1-7(14)4-5-15-11(16)9-6-8(12)2-3-10(9)13;/h2-3,6-7H,4-5,14H2,1H3,(H,15,16);1H. The minimum Gasteiger partial charge on any atom is -0.352 e. The number of carbonyl (C=O) groups excluding carboxylic acids is 1. The van der Waals surface area contributed by atoms with Crippen molar-refractivity contribution in [2.45, 2.75) is 19.4 Å². The third kappa shape index (κ3) is 6.03. The number of amides is 1. The van der Waals surface area contributed by atoms with Crippen LogP contribution in [0.5, 0.6) is 0 Å². The summed E-state index contributed by atoms with van der Waals surface area (Å²) in [5.41, 5.74) is 6.31. The summed E-state index contributed by atoms with van der Waals surface area (Å²) in [6.07, 6.45) is 0.788. The van der Waals surface area contributed by atoms with Crippen LogP contribution in [0.3, 0.4) is 0 Å². The SMILES string of the molecule is CC(N)CCNC(=O)c1cc(Br)ccc1I.Cl. The largest absolute Gasteiger partial charge is 0.352 e. The smallest absolute Gasteiger partial charge is 0.252 e. The average molecular weight is 434 g/mol. The monoisotopic (exact) mass is 432 g/mol. The number of nitrogens with two attached hydrogens (primary N) is 1.